The minimum absolute atomic E-state index is 0.259. The molecule has 106 valence electrons. The molecule has 2 N–H and O–H groups in total. The number of pyridine rings is 1. The van der Waals surface area contributed by atoms with Gasteiger partial charge in [0.05, 0.1) is 6.54 Å². The highest BCUT2D eigenvalue weighted by Gasteiger charge is 2.13. The van der Waals surface area contributed by atoms with Gasteiger partial charge in [-0.15, -0.1) is 0 Å². The van der Waals surface area contributed by atoms with E-state index in [1.54, 1.807) is 24.5 Å². The van der Waals surface area contributed by atoms with Crippen LogP contribution in [0.4, 0.5) is 4.39 Å². The molecule has 0 saturated carbocycles. The van der Waals surface area contributed by atoms with Gasteiger partial charge in [-0.05, 0) is 42.0 Å². The molecule has 2 heterocycles. The predicted molar refractivity (Wildman–Crippen MR) is 79.9 cm³/mol. The Morgan fingerprint density at radius 1 is 1.00 bits per heavy atom. The Morgan fingerprint density at radius 3 is 2.38 bits per heavy atom. The quantitative estimate of drug-likeness (QED) is 0.800. The number of nitrogens with two attached hydrogens (primary N) is 1. The summed E-state index contributed by atoms with van der Waals surface area (Å²) in [4.78, 5) is 4.03. The Labute approximate surface area is 122 Å². The highest BCUT2D eigenvalue weighted by molar-refractivity contribution is 5.80. The van der Waals surface area contributed by atoms with Crippen LogP contribution < -0.4 is 5.73 Å². The van der Waals surface area contributed by atoms with E-state index in [1.807, 2.05) is 23.0 Å². The minimum atomic E-state index is -0.259. The molecule has 2 aromatic heterocycles. The molecule has 0 aliphatic heterocycles. The number of hydrogen-bond acceptors (Lipinski definition) is 3. The lowest BCUT2D eigenvalue weighted by Gasteiger charge is -2.02. The molecule has 0 unspecified atom stereocenters. The maximum Gasteiger partial charge on any atom is 0.123 e. The first-order chi connectivity index (χ1) is 10.3. The summed E-state index contributed by atoms with van der Waals surface area (Å²) < 4.78 is 14.9. The first-order valence-corrected chi connectivity index (χ1v) is 6.72. The molecule has 21 heavy (non-hydrogen) atoms. The van der Waals surface area contributed by atoms with Crippen molar-refractivity contribution >= 4 is 0 Å². The average Bonchev–Trinajstić information content (AvgIpc) is 2.93. The van der Waals surface area contributed by atoms with Crippen LogP contribution in [0.1, 0.15) is 0 Å². The number of hydrogen-bond donors (Lipinski definition) is 1. The van der Waals surface area contributed by atoms with Crippen LogP contribution in [-0.4, -0.2) is 21.3 Å². The third kappa shape index (κ3) is 2.83. The van der Waals surface area contributed by atoms with E-state index in [1.165, 1.54) is 12.1 Å². The summed E-state index contributed by atoms with van der Waals surface area (Å²) in [7, 11) is 0. The van der Waals surface area contributed by atoms with Gasteiger partial charge in [-0.2, -0.15) is 5.10 Å². The fourth-order valence-electron chi connectivity index (χ4n) is 2.23. The summed E-state index contributed by atoms with van der Waals surface area (Å²) in [6.45, 7) is 1.15. The summed E-state index contributed by atoms with van der Waals surface area (Å²) >= 11 is 0. The summed E-state index contributed by atoms with van der Waals surface area (Å²) in [6, 6.07) is 10.2. The molecular weight excluding hydrogens is 267 g/mol. The van der Waals surface area contributed by atoms with Crippen LogP contribution in [0.2, 0.25) is 0 Å². The highest BCUT2D eigenvalue weighted by Crippen LogP contribution is 2.30. The van der Waals surface area contributed by atoms with Crippen molar-refractivity contribution in [3.05, 3.63) is 60.8 Å². The number of halogens is 1. The number of rotatable bonds is 4. The second-order valence-corrected chi connectivity index (χ2v) is 4.69. The van der Waals surface area contributed by atoms with Crippen molar-refractivity contribution in [3.63, 3.8) is 0 Å². The van der Waals surface area contributed by atoms with Crippen LogP contribution >= 0.6 is 0 Å². The Balaban J connectivity index is 2.11. The van der Waals surface area contributed by atoms with Crippen LogP contribution in [0.3, 0.4) is 0 Å². The van der Waals surface area contributed by atoms with Gasteiger partial charge < -0.3 is 5.73 Å². The molecule has 3 aromatic rings. The van der Waals surface area contributed by atoms with Gasteiger partial charge >= 0.3 is 0 Å². The van der Waals surface area contributed by atoms with Crippen molar-refractivity contribution in [1.82, 2.24) is 14.8 Å². The molecule has 0 aliphatic rings. The molecule has 3 rings (SSSR count). The number of nitrogens with zero attached hydrogens (tertiary/aromatic N) is 3. The normalized spacial score (nSPS) is 10.8. The third-order valence-corrected chi connectivity index (χ3v) is 3.23. The monoisotopic (exact) mass is 282 g/mol. The molecular formula is C16H15FN4. The molecule has 0 fully saturated rings. The first-order valence-electron chi connectivity index (χ1n) is 6.72. The van der Waals surface area contributed by atoms with E-state index >= 15 is 0 Å². The number of aromatic nitrogens is 3. The van der Waals surface area contributed by atoms with Gasteiger partial charge in [0.2, 0.25) is 0 Å². The predicted octanol–water partition coefficient (Wildman–Crippen LogP) is 2.71. The molecule has 0 atom stereocenters. The van der Waals surface area contributed by atoms with Crippen molar-refractivity contribution in [2.45, 2.75) is 6.54 Å². The van der Waals surface area contributed by atoms with Crippen molar-refractivity contribution in [1.29, 1.82) is 0 Å². The molecule has 5 heteroatoms. The zero-order valence-corrected chi connectivity index (χ0v) is 11.4. The van der Waals surface area contributed by atoms with Gasteiger partial charge in [-0.1, -0.05) is 0 Å². The van der Waals surface area contributed by atoms with Gasteiger partial charge in [-0.3, -0.25) is 9.67 Å². The second-order valence-electron chi connectivity index (χ2n) is 4.69. The molecule has 0 aliphatic carbocycles. The zero-order valence-electron chi connectivity index (χ0n) is 11.4. The Bertz CT molecular complexity index is 720. The molecule has 4 nitrogen and oxygen atoms in total. The van der Waals surface area contributed by atoms with E-state index in [0.29, 0.717) is 13.1 Å². The summed E-state index contributed by atoms with van der Waals surface area (Å²) in [6.07, 6.45) is 5.44. The molecule has 0 radical (unpaired) electrons. The maximum absolute atomic E-state index is 13.1. The topological polar surface area (TPSA) is 56.7 Å². The summed E-state index contributed by atoms with van der Waals surface area (Å²) in [5.74, 6) is -0.259. The Hall–Kier alpha value is -2.53. The molecule has 0 saturated heterocycles. The van der Waals surface area contributed by atoms with Crippen molar-refractivity contribution in [3.8, 4) is 22.4 Å². The van der Waals surface area contributed by atoms with E-state index in [4.69, 9.17) is 5.73 Å². The summed E-state index contributed by atoms with van der Waals surface area (Å²) in [5, 5.41) is 4.57. The Kier molecular flexibility index (Phi) is 3.75. The SMILES string of the molecule is NCCn1cc(-c2ccncc2)c(-c2ccc(F)cc2)n1. The molecule has 0 amide bonds. The van der Waals surface area contributed by atoms with Gasteiger partial charge in [0.1, 0.15) is 11.5 Å². The van der Waals surface area contributed by atoms with Crippen LogP contribution in [0.5, 0.6) is 0 Å². The van der Waals surface area contributed by atoms with Crippen LogP contribution in [0.25, 0.3) is 22.4 Å². The third-order valence-electron chi connectivity index (χ3n) is 3.23. The fraction of sp³-hybridized carbons (Fsp3) is 0.125. The van der Waals surface area contributed by atoms with Crippen LogP contribution in [0.15, 0.2) is 55.0 Å². The summed E-state index contributed by atoms with van der Waals surface area (Å²) in [5.41, 5.74) is 9.29. The van der Waals surface area contributed by atoms with E-state index in [2.05, 4.69) is 10.1 Å². The van der Waals surface area contributed by atoms with Crippen molar-refractivity contribution < 1.29 is 4.39 Å². The zero-order chi connectivity index (χ0) is 14.7. The largest absolute Gasteiger partial charge is 0.329 e. The fourth-order valence-corrected chi connectivity index (χ4v) is 2.23. The van der Waals surface area contributed by atoms with Gasteiger partial charge in [0.15, 0.2) is 0 Å². The van der Waals surface area contributed by atoms with E-state index in [-0.39, 0.29) is 5.82 Å². The first kappa shape index (κ1) is 13.5. The van der Waals surface area contributed by atoms with Crippen molar-refractivity contribution in [2.75, 3.05) is 6.54 Å². The Morgan fingerprint density at radius 2 is 1.71 bits per heavy atom. The lowest BCUT2D eigenvalue weighted by Crippen LogP contribution is -2.10. The van der Waals surface area contributed by atoms with Crippen LogP contribution in [-0.2, 0) is 6.54 Å². The van der Waals surface area contributed by atoms with Gasteiger partial charge in [0, 0.05) is 36.3 Å². The lowest BCUT2D eigenvalue weighted by molar-refractivity contribution is 0.625. The average molecular weight is 282 g/mol. The number of benzene rings is 1. The molecule has 1 aromatic carbocycles. The van der Waals surface area contributed by atoms with E-state index < -0.39 is 0 Å². The van der Waals surface area contributed by atoms with Gasteiger partial charge in [-0.25, -0.2) is 4.39 Å². The van der Waals surface area contributed by atoms with E-state index in [9.17, 15) is 4.39 Å². The smallest absolute Gasteiger partial charge is 0.123 e. The van der Waals surface area contributed by atoms with Crippen molar-refractivity contribution in [2.24, 2.45) is 5.73 Å². The van der Waals surface area contributed by atoms with E-state index in [0.717, 1.165) is 22.4 Å². The minimum Gasteiger partial charge on any atom is -0.329 e. The van der Waals surface area contributed by atoms with Crippen LogP contribution in [0, 0.1) is 5.82 Å². The maximum atomic E-state index is 13.1. The second kappa shape index (κ2) is 5.85. The molecule has 0 spiro atoms. The van der Waals surface area contributed by atoms with Gasteiger partial charge in [0.25, 0.3) is 0 Å². The highest BCUT2D eigenvalue weighted by atomic mass is 19.1. The standard InChI is InChI=1S/C16H15FN4/c17-14-3-1-13(2-4-14)16-15(11-21(20-16)10-7-18)12-5-8-19-9-6-12/h1-6,8-9,11H,7,10,18H2. The molecule has 0 bridgehead atoms. The lowest BCUT2D eigenvalue weighted by atomic mass is 10.0.